The molecule has 0 radical (unpaired) electrons. The van der Waals surface area contributed by atoms with E-state index in [9.17, 15) is 0 Å². The number of aromatic nitrogens is 3. The summed E-state index contributed by atoms with van der Waals surface area (Å²) in [6.45, 7) is 4.23. The number of hydrogen-bond donors (Lipinski definition) is 1. The number of benzene rings is 1. The highest BCUT2D eigenvalue weighted by Gasteiger charge is 2.18. The van der Waals surface area contributed by atoms with E-state index < -0.39 is 0 Å². The van der Waals surface area contributed by atoms with Crippen LogP contribution in [0.2, 0.25) is 0 Å². The number of nitrogens with two attached hydrogens (primary N) is 1. The molecule has 1 aromatic carbocycles. The van der Waals surface area contributed by atoms with Gasteiger partial charge in [-0.25, -0.2) is 9.97 Å². The summed E-state index contributed by atoms with van der Waals surface area (Å²) in [5.41, 5.74) is 7.94. The maximum Gasteiger partial charge on any atom is 0.201 e. The zero-order valence-corrected chi connectivity index (χ0v) is 13.1. The van der Waals surface area contributed by atoms with Crippen LogP contribution < -0.4 is 10.5 Å². The molecule has 2 N–H and O–H groups in total. The number of hydrogen-bond acceptors (Lipinski definition) is 5. The molecule has 2 aromatic heterocycles. The van der Waals surface area contributed by atoms with Gasteiger partial charge in [-0.3, -0.25) is 0 Å². The summed E-state index contributed by atoms with van der Waals surface area (Å²) in [6, 6.07) is 5.87. The highest BCUT2D eigenvalue weighted by atomic mass is 32.1. The van der Waals surface area contributed by atoms with Crippen molar-refractivity contribution in [3.05, 3.63) is 34.3 Å². The van der Waals surface area contributed by atoms with Crippen molar-refractivity contribution in [1.82, 2.24) is 14.5 Å². The van der Waals surface area contributed by atoms with Crippen molar-refractivity contribution in [1.29, 1.82) is 0 Å². The molecule has 0 saturated carbocycles. The van der Waals surface area contributed by atoms with Gasteiger partial charge >= 0.3 is 0 Å². The summed E-state index contributed by atoms with van der Waals surface area (Å²) in [5, 5.41) is 1.05. The van der Waals surface area contributed by atoms with Crippen LogP contribution in [0.4, 0.5) is 5.95 Å². The second-order valence-electron chi connectivity index (χ2n) is 4.89. The van der Waals surface area contributed by atoms with E-state index in [2.05, 4.69) is 23.8 Å². The number of anilines is 1. The lowest BCUT2D eigenvalue weighted by molar-refractivity contribution is 0.415. The fourth-order valence-electron chi connectivity index (χ4n) is 2.42. The fourth-order valence-corrected chi connectivity index (χ4v) is 3.32. The van der Waals surface area contributed by atoms with Crippen LogP contribution >= 0.6 is 11.3 Å². The van der Waals surface area contributed by atoms with E-state index in [0.29, 0.717) is 5.95 Å². The maximum atomic E-state index is 6.11. The lowest BCUT2D eigenvalue weighted by Crippen LogP contribution is -2.09. The number of thiazole rings is 1. The highest BCUT2D eigenvalue weighted by Crippen LogP contribution is 2.31. The van der Waals surface area contributed by atoms with E-state index >= 15 is 0 Å². The summed E-state index contributed by atoms with van der Waals surface area (Å²) in [6.07, 6.45) is 2.94. The predicted molar refractivity (Wildman–Crippen MR) is 86.0 cm³/mol. The molecule has 5 nitrogen and oxygen atoms in total. The number of fused-ring (bicyclic) bond motifs is 1. The summed E-state index contributed by atoms with van der Waals surface area (Å²) < 4.78 is 7.25. The Bertz CT molecular complexity index is 777. The standard InChI is InChI=1S/C15H18N4OS/c1-4-11-8-17-14(21-11)9(2)19-13-6-5-10(20-3)7-12(13)18-15(19)16/h5-9H,4H2,1-3H3,(H2,16,18). The van der Waals surface area contributed by atoms with Crippen LogP contribution in [0.5, 0.6) is 5.75 Å². The van der Waals surface area contributed by atoms with Crippen molar-refractivity contribution >= 4 is 28.3 Å². The molecule has 3 rings (SSSR count). The van der Waals surface area contributed by atoms with Gasteiger partial charge in [-0.2, -0.15) is 0 Å². The largest absolute Gasteiger partial charge is 0.497 e. The monoisotopic (exact) mass is 302 g/mol. The molecule has 0 fully saturated rings. The van der Waals surface area contributed by atoms with Crippen molar-refractivity contribution in [2.24, 2.45) is 0 Å². The van der Waals surface area contributed by atoms with E-state index in [1.54, 1.807) is 18.4 Å². The van der Waals surface area contributed by atoms with Crippen LogP contribution in [0, 0.1) is 0 Å². The minimum absolute atomic E-state index is 0.0636. The number of ether oxygens (including phenoxy) is 1. The Balaban J connectivity index is 2.08. The van der Waals surface area contributed by atoms with Crippen LogP contribution in [-0.4, -0.2) is 21.6 Å². The van der Waals surface area contributed by atoms with Crippen molar-refractivity contribution in [3.8, 4) is 5.75 Å². The molecule has 0 amide bonds. The number of imidazole rings is 1. The molecule has 1 unspecified atom stereocenters. The first kappa shape index (κ1) is 13.9. The Morgan fingerprint density at radius 1 is 1.43 bits per heavy atom. The molecule has 6 heteroatoms. The minimum Gasteiger partial charge on any atom is -0.497 e. The molecule has 1 atom stereocenters. The van der Waals surface area contributed by atoms with Gasteiger partial charge < -0.3 is 15.0 Å². The van der Waals surface area contributed by atoms with Gasteiger partial charge in [0, 0.05) is 17.1 Å². The zero-order chi connectivity index (χ0) is 15.0. The third kappa shape index (κ3) is 2.35. The third-order valence-electron chi connectivity index (χ3n) is 3.59. The molecule has 2 heterocycles. The number of aryl methyl sites for hydroxylation is 1. The molecular formula is C15H18N4OS. The third-order valence-corrected chi connectivity index (χ3v) is 4.90. The van der Waals surface area contributed by atoms with Crippen LogP contribution in [0.3, 0.4) is 0 Å². The molecule has 110 valence electrons. The van der Waals surface area contributed by atoms with E-state index in [1.807, 2.05) is 29.0 Å². The molecule has 3 aromatic rings. The number of nitrogen functional groups attached to an aromatic ring is 1. The smallest absolute Gasteiger partial charge is 0.201 e. The summed E-state index contributed by atoms with van der Waals surface area (Å²) in [5.74, 6) is 1.28. The van der Waals surface area contributed by atoms with Gasteiger partial charge in [-0.05, 0) is 25.5 Å². The zero-order valence-electron chi connectivity index (χ0n) is 12.3. The number of methoxy groups -OCH3 is 1. The topological polar surface area (TPSA) is 66.0 Å². The average Bonchev–Trinajstić information content (AvgIpc) is 3.09. The maximum absolute atomic E-state index is 6.11. The molecule has 21 heavy (non-hydrogen) atoms. The normalized spacial score (nSPS) is 12.7. The van der Waals surface area contributed by atoms with Gasteiger partial charge in [0.25, 0.3) is 0 Å². The van der Waals surface area contributed by atoms with E-state index in [1.165, 1.54) is 4.88 Å². The number of nitrogens with zero attached hydrogens (tertiary/aromatic N) is 3. The van der Waals surface area contributed by atoms with Gasteiger partial charge in [0.1, 0.15) is 10.8 Å². The fraction of sp³-hybridized carbons (Fsp3) is 0.333. The molecule has 0 spiro atoms. The highest BCUT2D eigenvalue weighted by molar-refractivity contribution is 7.11. The molecule has 0 aliphatic heterocycles. The van der Waals surface area contributed by atoms with Crippen LogP contribution in [0.25, 0.3) is 11.0 Å². The molecule has 0 saturated heterocycles. The van der Waals surface area contributed by atoms with Crippen LogP contribution in [0.15, 0.2) is 24.4 Å². The Kier molecular flexibility index (Phi) is 3.55. The first-order chi connectivity index (χ1) is 10.1. The van der Waals surface area contributed by atoms with Crippen molar-refractivity contribution in [3.63, 3.8) is 0 Å². The number of rotatable bonds is 4. The predicted octanol–water partition coefficient (Wildman–Crippen LogP) is 3.26. The van der Waals surface area contributed by atoms with Gasteiger partial charge in [0.05, 0.1) is 24.2 Å². The van der Waals surface area contributed by atoms with Gasteiger partial charge in [0.15, 0.2) is 0 Å². The van der Waals surface area contributed by atoms with E-state index in [-0.39, 0.29) is 6.04 Å². The van der Waals surface area contributed by atoms with E-state index in [4.69, 9.17) is 10.5 Å². The second-order valence-corrected chi connectivity index (χ2v) is 6.04. The summed E-state index contributed by atoms with van der Waals surface area (Å²) >= 11 is 1.72. The van der Waals surface area contributed by atoms with Gasteiger partial charge in [-0.15, -0.1) is 11.3 Å². The Morgan fingerprint density at radius 2 is 2.24 bits per heavy atom. The van der Waals surface area contributed by atoms with Gasteiger partial charge in [-0.1, -0.05) is 6.92 Å². The lowest BCUT2D eigenvalue weighted by Gasteiger charge is -2.13. The second kappa shape index (κ2) is 5.37. The Hall–Kier alpha value is -2.08. The summed E-state index contributed by atoms with van der Waals surface area (Å²) in [4.78, 5) is 10.2. The van der Waals surface area contributed by atoms with Gasteiger partial charge in [0.2, 0.25) is 5.95 Å². The van der Waals surface area contributed by atoms with Crippen molar-refractivity contribution in [2.75, 3.05) is 12.8 Å². The molecule has 0 aliphatic rings. The quantitative estimate of drug-likeness (QED) is 0.803. The van der Waals surface area contributed by atoms with Crippen LogP contribution in [-0.2, 0) is 6.42 Å². The van der Waals surface area contributed by atoms with Crippen molar-refractivity contribution < 1.29 is 4.74 Å². The van der Waals surface area contributed by atoms with Crippen molar-refractivity contribution in [2.45, 2.75) is 26.3 Å². The Morgan fingerprint density at radius 3 is 2.90 bits per heavy atom. The van der Waals surface area contributed by atoms with Crippen LogP contribution in [0.1, 0.15) is 29.8 Å². The molecule has 0 aliphatic carbocycles. The first-order valence-corrected chi connectivity index (χ1v) is 7.71. The Labute approximate surface area is 127 Å². The molecule has 0 bridgehead atoms. The molecular weight excluding hydrogens is 284 g/mol. The lowest BCUT2D eigenvalue weighted by atomic mass is 10.2. The average molecular weight is 302 g/mol. The first-order valence-electron chi connectivity index (χ1n) is 6.90. The van der Waals surface area contributed by atoms with E-state index in [0.717, 1.165) is 28.2 Å². The summed E-state index contributed by atoms with van der Waals surface area (Å²) in [7, 11) is 1.64. The minimum atomic E-state index is 0.0636. The SMILES string of the molecule is CCc1cnc(C(C)n2c(N)nc3cc(OC)ccc32)s1.